The molecule has 0 atom stereocenters. The fourth-order valence-corrected chi connectivity index (χ4v) is 4.68. The number of nitrogens with one attached hydrogen (secondary N) is 1. The van der Waals surface area contributed by atoms with Gasteiger partial charge in [0, 0.05) is 38.4 Å². The van der Waals surface area contributed by atoms with Gasteiger partial charge in [-0.1, -0.05) is 0 Å². The topological polar surface area (TPSA) is 97.4 Å². The van der Waals surface area contributed by atoms with Gasteiger partial charge < -0.3 is 24.4 Å². The van der Waals surface area contributed by atoms with Gasteiger partial charge in [0.05, 0.1) is 20.0 Å². The summed E-state index contributed by atoms with van der Waals surface area (Å²) in [6, 6.07) is 14.6. The van der Waals surface area contributed by atoms with Crippen molar-refractivity contribution in [3.05, 3.63) is 48.5 Å². The molecule has 2 aromatic rings. The van der Waals surface area contributed by atoms with Crippen LogP contribution in [0.15, 0.2) is 48.5 Å². The third-order valence-electron chi connectivity index (χ3n) is 5.18. The number of anilines is 1. The van der Waals surface area contributed by atoms with E-state index in [0.29, 0.717) is 37.7 Å². The second-order valence-corrected chi connectivity index (χ2v) is 9.30. The highest BCUT2D eigenvalue weighted by Crippen LogP contribution is 2.21. The van der Waals surface area contributed by atoms with Crippen molar-refractivity contribution < 1.29 is 27.4 Å². The number of ether oxygens (including phenoxy) is 3. The van der Waals surface area contributed by atoms with Crippen molar-refractivity contribution in [3.63, 3.8) is 0 Å². The van der Waals surface area contributed by atoms with Crippen LogP contribution in [-0.2, 0) is 14.8 Å². The fraction of sp³-hybridized carbons (Fsp3) is 0.409. The van der Waals surface area contributed by atoms with Crippen molar-refractivity contribution >= 4 is 21.6 Å². The van der Waals surface area contributed by atoms with E-state index in [0.717, 1.165) is 11.4 Å². The second kappa shape index (κ2) is 11.1. The summed E-state index contributed by atoms with van der Waals surface area (Å²) in [6.07, 6.45) is 0. The number of hydrogen-bond donors (Lipinski definition) is 1. The lowest BCUT2D eigenvalue weighted by atomic mass is 10.2. The quantitative estimate of drug-likeness (QED) is 0.568. The predicted octanol–water partition coefficient (Wildman–Crippen LogP) is 1.35. The van der Waals surface area contributed by atoms with Crippen LogP contribution in [0.2, 0.25) is 0 Å². The minimum absolute atomic E-state index is 0.0336. The first-order valence-corrected chi connectivity index (χ1v) is 11.9. The Morgan fingerprint density at radius 3 is 1.97 bits per heavy atom. The number of sulfonamides is 1. The van der Waals surface area contributed by atoms with E-state index in [9.17, 15) is 13.2 Å². The second-order valence-electron chi connectivity index (χ2n) is 7.21. The van der Waals surface area contributed by atoms with Gasteiger partial charge in [-0.05, 0) is 48.5 Å². The molecule has 2 aromatic carbocycles. The number of carbonyl (C=O) groups excluding carboxylic acids is 1. The van der Waals surface area contributed by atoms with Gasteiger partial charge in [0.2, 0.25) is 10.0 Å². The van der Waals surface area contributed by atoms with Gasteiger partial charge in [-0.2, -0.15) is 4.31 Å². The lowest BCUT2D eigenvalue weighted by Crippen LogP contribution is -2.50. The van der Waals surface area contributed by atoms with Gasteiger partial charge in [-0.15, -0.1) is 0 Å². The molecule has 1 aliphatic heterocycles. The number of carbonyl (C=O) groups is 1. The van der Waals surface area contributed by atoms with Gasteiger partial charge >= 0.3 is 0 Å². The molecule has 0 bridgehead atoms. The Hall–Kier alpha value is -2.98. The maximum Gasteiger partial charge on any atom is 0.257 e. The van der Waals surface area contributed by atoms with Crippen LogP contribution in [0, 0.1) is 0 Å². The average molecular weight is 464 g/mol. The largest absolute Gasteiger partial charge is 0.497 e. The molecule has 1 amide bonds. The van der Waals surface area contributed by atoms with Crippen LogP contribution < -0.4 is 24.4 Å². The molecule has 1 saturated heterocycles. The zero-order valence-electron chi connectivity index (χ0n) is 18.3. The molecule has 32 heavy (non-hydrogen) atoms. The normalized spacial score (nSPS) is 14.6. The monoisotopic (exact) mass is 463 g/mol. The van der Waals surface area contributed by atoms with Gasteiger partial charge in [-0.25, -0.2) is 8.42 Å². The van der Waals surface area contributed by atoms with Gasteiger partial charge in [-0.3, -0.25) is 4.79 Å². The first-order chi connectivity index (χ1) is 15.4. The van der Waals surface area contributed by atoms with Crippen LogP contribution in [0.25, 0.3) is 0 Å². The molecular weight excluding hydrogens is 434 g/mol. The summed E-state index contributed by atoms with van der Waals surface area (Å²) in [4.78, 5) is 14.1. The summed E-state index contributed by atoms with van der Waals surface area (Å²) in [6.45, 7) is 1.87. The highest BCUT2D eigenvalue weighted by atomic mass is 32.2. The van der Waals surface area contributed by atoms with Crippen molar-refractivity contribution in [2.24, 2.45) is 0 Å². The summed E-state index contributed by atoms with van der Waals surface area (Å²) in [7, 11) is -0.265. The van der Waals surface area contributed by atoms with E-state index >= 15 is 0 Å². The first kappa shape index (κ1) is 23.7. The molecule has 0 radical (unpaired) electrons. The van der Waals surface area contributed by atoms with E-state index in [2.05, 4.69) is 10.2 Å². The van der Waals surface area contributed by atoms with Crippen molar-refractivity contribution in [1.82, 2.24) is 9.62 Å². The van der Waals surface area contributed by atoms with Crippen molar-refractivity contribution in [3.8, 4) is 17.2 Å². The Balaban J connectivity index is 1.38. The molecule has 0 unspecified atom stereocenters. The molecule has 1 fully saturated rings. The number of nitrogens with zero attached hydrogens (tertiary/aromatic N) is 2. The summed E-state index contributed by atoms with van der Waals surface area (Å²) in [5, 5.41) is 2.60. The molecule has 1 heterocycles. The maximum atomic E-state index is 12.6. The number of rotatable bonds is 10. The minimum atomic E-state index is -3.45. The van der Waals surface area contributed by atoms with E-state index in [1.807, 2.05) is 24.3 Å². The molecule has 9 nitrogen and oxygen atoms in total. The first-order valence-electron chi connectivity index (χ1n) is 10.3. The molecule has 3 rings (SSSR count). The standard InChI is InChI=1S/C22H29N3O6S/c1-29-19-5-3-18(4-6-19)24-12-14-25(15-13-24)32(27,28)16-11-23-22(26)17-31-21-9-7-20(30-2)8-10-21/h3-10H,11-17H2,1-2H3,(H,23,26). The van der Waals surface area contributed by atoms with Gasteiger partial charge in [0.1, 0.15) is 17.2 Å². The van der Waals surface area contributed by atoms with E-state index in [4.69, 9.17) is 14.2 Å². The van der Waals surface area contributed by atoms with Crippen LogP contribution in [0.1, 0.15) is 0 Å². The van der Waals surface area contributed by atoms with Crippen LogP contribution in [0.5, 0.6) is 17.2 Å². The summed E-state index contributed by atoms with van der Waals surface area (Å²) >= 11 is 0. The zero-order valence-corrected chi connectivity index (χ0v) is 19.1. The van der Waals surface area contributed by atoms with Gasteiger partial charge in [0.15, 0.2) is 6.61 Å². The van der Waals surface area contributed by atoms with Crippen molar-refractivity contribution in [2.75, 3.05) is 64.2 Å². The Morgan fingerprint density at radius 2 is 1.41 bits per heavy atom. The highest BCUT2D eigenvalue weighted by Gasteiger charge is 2.26. The molecule has 1 aliphatic rings. The van der Waals surface area contributed by atoms with E-state index in [1.54, 1.807) is 38.5 Å². The average Bonchev–Trinajstić information content (AvgIpc) is 2.83. The summed E-state index contributed by atoms with van der Waals surface area (Å²) in [5.41, 5.74) is 1.03. The van der Waals surface area contributed by atoms with Crippen LogP contribution >= 0.6 is 0 Å². The molecule has 0 aliphatic carbocycles. The molecule has 174 valence electrons. The van der Waals surface area contributed by atoms with Crippen LogP contribution in [0.3, 0.4) is 0 Å². The van der Waals surface area contributed by atoms with E-state index < -0.39 is 10.0 Å². The molecule has 0 aromatic heterocycles. The van der Waals surface area contributed by atoms with Crippen molar-refractivity contribution in [2.45, 2.75) is 0 Å². The Labute approximate surface area is 188 Å². The lowest BCUT2D eigenvalue weighted by Gasteiger charge is -2.35. The predicted molar refractivity (Wildman–Crippen MR) is 122 cm³/mol. The molecule has 0 saturated carbocycles. The molecular formula is C22H29N3O6S. The molecule has 10 heteroatoms. The number of benzene rings is 2. The number of amides is 1. The Kier molecular flexibility index (Phi) is 8.18. The minimum Gasteiger partial charge on any atom is -0.497 e. The van der Waals surface area contributed by atoms with Crippen LogP contribution in [-0.4, -0.2) is 77.9 Å². The molecule has 1 N–H and O–H groups in total. The zero-order chi connectivity index (χ0) is 23.0. The third-order valence-corrected chi connectivity index (χ3v) is 7.05. The Morgan fingerprint density at radius 1 is 0.875 bits per heavy atom. The Bertz CT molecular complexity index is 972. The summed E-state index contributed by atoms with van der Waals surface area (Å²) < 4.78 is 42.4. The number of hydrogen-bond acceptors (Lipinski definition) is 7. The number of methoxy groups -OCH3 is 2. The number of piperazine rings is 1. The van der Waals surface area contributed by atoms with Gasteiger partial charge in [0.25, 0.3) is 5.91 Å². The molecule has 0 spiro atoms. The fourth-order valence-electron chi connectivity index (χ4n) is 3.34. The maximum absolute atomic E-state index is 12.6. The van der Waals surface area contributed by atoms with Crippen LogP contribution in [0.4, 0.5) is 5.69 Å². The third kappa shape index (κ3) is 6.51. The van der Waals surface area contributed by atoms with Crippen molar-refractivity contribution in [1.29, 1.82) is 0 Å². The SMILES string of the molecule is COc1ccc(OCC(=O)NCCS(=O)(=O)N2CCN(c3ccc(OC)cc3)CC2)cc1. The smallest absolute Gasteiger partial charge is 0.257 e. The lowest BCUT2D eigenvalue weighted by molar-refractivity contribution is -0.122. The summed E-state index contributed by atoms with van der Waals surface area (Å²) in [5.74, 6) is 1.48. The van der Waals surface area contributed by atoms with E-state index in [-0.39, 0.29) is 24.8 Å². The van der Waals surface area contributed by atoms with E-state index in [1.165, 1.54) is 4.31 Å². The highest BCUT2D eigenvalue weighted by molar-refractivity contribution is 7.89.